The van der Waals surface area contributed by atoms with E-state index in [1.165, 1.54) is 32.1 Å². The van der Waals surface area contributed by atoms with E-state index in [2.05, 4.69) is 46.1 Å². The van der Waals surface area contributed by atoms with Crippen molar-refractivity contribution in [2.24, 2.45) is 11.8 Å². The molecule has 2 atom stereocenters. The summed E-state index contributed by atoms with van der Waals surface area (Å²) in [6.07, 6.45) is 8.54. The maximum Gasteiger partial charge on any atom is 0.129 e. The van der Waals surface area contributed by atoms with Crippen LogP contribution in [0, 0.1) is 11.8 Å². The van der Waals surface area contributed by atoms with Crippen LogP contribution in [0.5, 0.6) is 0 Å². The Balaban J connectivity index is 1.91. The molecule has 1 heterocycles. The minimum Gasteiger partial charge on any atom is -0.380 e. The normalized spacial score (nSPS) is 24.2. The first-order valence-electron chi connectivity index (χ1n) is 7.02. The van der Waals surface area contributed by atoms with E-state index in [4.69, 9.17) is 0 Å². The van der Waals surface area contributed by atoms with Crippen molar-refractivity contribution in [3.63, 3.8) is 0 Å². The summed E-state index contributed by atoms with van der Waals surface area (Å²) in [4.78, 5) is 4.27. The van der Waals surface area contributed by atoms with Gasteiger partial charge in [-0.25, -0.2) is 4.98 Å². The standard InChI is InChI=1S/C15H23BrN2/c1-11(2)9-12-5-3-6-13(10-12)18-14-7-4-8-17-15(14)16/h4,7-8,11-13,18H,3,5-6,9-10H2,1-2H3. The van der Waals surface area contributed by atoms with Gasteiger partial charge < -0.3 is 5.32 Å². The summed E-state index contributed by atoms with van der Waals surface area (Å²) in [6, 6.07) is 4.70. The summed E-state index contributed by atoms with van der Waals surface area (Å²) in [5.74, 6) is 1.71. The van der Waals surface area contributed by atoms with Crippen molar-refractivity contribution >= 4 is 21.6 Å². The molecule has 1 aliphatic rings. The van der Waals surface area contributed by atoms with Crippen molar-refractivity contribution in [1.82, 2.24) is 4.98 Å². The number of anilines is 1. The molecule has 2 unspecified atom stereocenters. The van der Waals surface area contributed by atoms with Crippen LogP contribution >= 0.6 is 15.9 Å². The average molecular weight is 311 g/mol. The van der Waals surface area contributed by atoms with E-state index >= 15 is 0 Å². The molecule has 1 aliphatic carbocycles. The van der Waals surface area contributed by atoms with Gasteiger partial charge in [0.1, 0.15) is 4.60 Å². The molecule has 0 bridgehead atoms. The van der Waals surface area contributed by atoms with Crippen LogP contribution in [0.1, 0.15) is 46.0 Å². The highest BCUT2D eigenvalue weighted by atomic mass is 79.9. The fourth-order valence-corrected chi connectivity index (χ4v) is 3.38. The summed E-state index contributed by atoms with van der Waals surface area (Å²) in [7, 11) is 0. The molecule has 1 aromatic heterocycles. The summed E-state index contributed by atoms with van der Waals surface area (Å²) in [5, 5.41) is 3.64. The Morgan fingerprint density at radius 1 is 1.44 bits per heavy atom. The Morgan fingerprint density at radius 3 is 3.00 bits per heavy atom. The second-order valence-electron chi connectivity index (χ2n) is 5.85. The minimum atomic E-state index is 0.614. The lowest BCUT2D eigenvalue weighted by Gasteiger charge is -2.31. The highest BCUT2D eigenvalue weighted by Crippen LogP contribution is 2.32. The highest BCUT2D eigenvalue weighted by molar-refractivity contribution is 9.10. The predicted octanol–water partition coefficient (Wildman–Crippen LogP) is 4.86. The predicted molar refractivity (Wildman–Crippen MR) is 80.8 cm³/mol. The third kappa shape index (κ3) is 3.98. The first-order valence-corrected chi connectivity index (χ1v) is 7.81. The van der Waals surface area contributed by atoms with Gasteiger partial charge in [-0.2, -0.15) is 0 Å². The Labute approximate surface area is 119 Å². The van der Waals surface area contributed by atoms with E-state index in [1.807, 2.05) is 12.3 Å². The molecule has 0 saturated heterocycles. The van der Waals surface area contributed by atoms with E-state index in [-0.39, 0.29) is 0 Å². The molecule has 1 fully saturated rings. The largest absolute Gasteiger partial charge is 0.380 e. The van der Waals surface area contributed by atoms with E-state index in [0.29, 0.717) is 6.04 Å². The third-order valence-electron chi connectivity index (χ3n) is 3.71. The van der Waals surface area contributed by atoms with Crippen LogP contribution in [0.3, 0.4) is 0 Å². The Hall–Kier alpha value is -0.570. The fourth-order valence-electron chi connectivity index (χ4n) is 3.02. The SMILES string of the molecule is CC(C)CC1CCCC(Nc2cccnc2Br)C1. The molecule has 0 radical (unpaired) electrons. The summed E-state index contributed by atoms with van der Waals surface area (Å²) in [5.41, 5.74) is 1.13. The van der Waals surface area contributed by atoms with Crippen LogP contribution in [0.15, 0.2) is 22.9 Å². The van der Waals surface area contributed by atoms with Crippen LogP contribution in [0.25, 0.3) is 0 Å². The van der Waals surface area contributed by atoms with E-state index in [0.717, 1.165) is 22.1 Å². The topological polar surface area (TPSA) is 24.9 Å². The lowest BCUT2D eigenvalue weighted by molar-refractivity contribution is 0.289. The molecule has 0 aromatic carbocycles. The van der Waals surface area contributed by atoms with Crippen molar-refractivity contribution in [2.45, 2.75) is 52.0 Å². The molecule has 0 aliphatic heterocycles. The Bertz CT molecular complexity index is 379. The molecular weight excluding hydrogens is 288 g/mol. The van der Waals surface area contributed by atoms with Crippen molar-refractivity contribution in [3.8, 4) is 0 Å². The maximum absolute atomic E-state index is 4.27. The van der Waals surface area contributed by atoms with Crippen LogP contribution in [0.2, 0.25) is 0 Å². The molecule has 0 spiro atoms. The highest BCUT2D eigenvalue weighted by Gasteiger charge is 2.22. The van der Waals surface area contributed by atoms with Gasteiger partial charge >= 0.3 is 0 Å². The van der Waals surface area contributed by atoms with Crippen molar-refractivity contribution < 1.29 is 0 Å². The first-order chi connectivity index (χ1) is 8.65. The lowest BCUT2D eigenvalue weighted by Crippen LogP contribution is -2.28. The molecule has 3 heteroatoms. The number of halogens is 1. The number of hydrogen-bond acceptors (Lipinski definition) is 2. The number of rotatable bonds is 4. The third-order valence-corrected chi connectivity index (χ3v) is 4.34. The van der Waals surface area contributed by atoms with Gasteiger partial charge in [0.25, 0.3) is 0 Å². The fraction of sp³-hybridized carbons (Fsp3) is 0.667. The Morgan fingerprint density at radius 2 is 2.28 bits per heavy atom. The number of aromatic nitrogens is 1. The Kier molecular flexibility index (Phi) is 5.04. The molecule has 0 amide bonds. The number of nitrogens with one attached hydrogen (secondary N) is 1. The van der Waals surface area contributed by atoms with Gasteiger partial charge in [0, 0.05) is 12.2 Å². The molecule has 1 aromatic rings. The summed E-state index contributed by atoms with van der Waals surface area (Å²) in [6.45, 7) is 4.66. The molecular formula is C15H23BrN2. The van der Waals surface area contributed by atoms with Crippen molar-refractivity contribution in [1.29, 1.82) is 0 Å². The van der Waals surface area contributed by atoms with Gasteiger partial charge in [0.2, 0.25) is 0 Å². The summed E-state index contributed by atoms with van der Waals surface area (Å²) >= 11 is 3.50. The second kappa shape index (κ2) is 6.55. The van der Waals surface area contributed by atoms with Crippen molar-refractivity contribution in [2.75, 3.05) is 5.32 Å². The zero-order valence-corrected chi connectivity index (χ0v) is 12.9. The van der Waals surface area contributed by atoms with E-state index in [1.54, 1.807) is 0 Å². The van der Waals surface area contributed by atoms with E-state index < -0.39 is 0 Å². The van der Waals surface area contributed by atoms with Crippen LogP contribution < -0.4 is 5.32 Å². The molecule has 1 N–H and O–H groups in total. The van der Waals surface area contributed by atoms with Gasteiger partial charge in [0.15, 0.2) is 0 Å². The first kappa shape index (κ1) is 13.9. The molecule has 2 rings (SSSR count). The molecule has 100 valence electrons. The quantitative estimate of drug-likeness (QED) is 0.803. The molecule has 2 nitrogen and oxygen atoms in total. The van der Waals surface area contributed by atoms with Gasteiger partial charge in [-0.3, -0.25) is 0 Å². The zero-order chi connectivity index (χ0) is 13.0. The molecule has 1 saturated carbocycles. The second-order valence-corrected chi connectivity index (χ2v) is 6.60. The maximum atomic E-state index is 4.27. The monoisotopic (exact) mass is 310 g/mol. The van der Waals surface area contributed by atoms with Crippen LogP contribution in [-0.2, 0) is 0 Å². The van der Waals surface area contributed by atoms with Gasteiger partial charge in [-0.05, 0) is 59.2 Å². The van der Waals surface area contributed by atoms with Crippen molar-refractivity contribution in [3.05, 3.63) is 22.9 Å². The smallest absolute Gasteiger partial charge is 0.129 e. The number of nitrogens with zero attached hydrogens (tertiary/aromatic N) is 1. The van der Waals surface area contributed by atoms with Gasteiger partial charge in [0.05, 0.1) is 5.69 Å². The number of hydrogen-bond donors (Lipinski definition) is 1. The lowest BCUT2D eigenvalue weighted by atomic mass is 9.81. The van der Waals surface area contributed by atoms with E-state index in [9.17, 15) is 0 Å². The van der Waals surface area contributed by atoms with Crippen LogP contribution in [-0.4, -0.2) is 11.0 Å². The van der Waals surface area contributed by atoms with Gasteiger partial charge in [-0.1, -0.05) is 26.7 Å². The zero-order valence-electron chi connectivity index (χ0n) is 11.3. The average Bonchev–Trinajstić information content (AvgIpc) is 2.32. The van der Waals surface area contributed by atoms with Crippen LogP contribution in [0.4, 0.5) is 5.69 Å². The molecule has 18 heavy (non-hydrogen) atoms. The minimum absolute atomic E-state index is 0.614. The number of pyridine rings is 1. The summed E-state index contributed by atoms with van der Waals surface area (Å²) < 4.78 is 0.927. The van der Waals surface area contributed by atoms with Gasteiger partial charge in [-0.15, -0.1) is 0 Å².